The Labute approximate surface area is 152 Å². The topological polar surface area (TPSA) is 76.0 Å². The number of phenolic OH excluding ortho intramolecular Hbond substituents is 2. The first-order valence-corrected chi connectivity index (χ1v) is 8.66. The second-order valence-corrected chi connectivity index (χ2v) is 6.34. The largest absolute Gasteiger partial charge is 0.504 e. The van der Waals surface area contributed by atoms with Crippen molar-refractivity contribution in [1.29, 1.82) is 0 Å². The van der Waals surface area contributed by atoms with E-state index in [9.17, 15) is 15.0 Å². The molecule has 0 aromatic heterocycles. The molecular formula is C21H22O5. The molecule has 2 aromatic carbocycles. The molecule has 0 atom stereocenters. The van der Waals surface area contributed by atoms with E-state index in [0.29, 0.717) is 22.6 Å². The minimum absolute atomic E-state index is 0.171. The van der Waals surface area contributed by atoms with Gasteiger partial charge >= 0.3 is 0 Å². The highest BCUT2D eigenvalue weighted by Crippen LogP contribution is 2.32. The molecule has 0 heterocycles. The van der Waals surface area contributed by atoms with Crippen LogP contribution in [-0.4, -0.2) is 29.2 Å². The smallest absolute Gasteiger partial charge is 0.185 e. The Morgan fingerprint density at radius 3 is 2.50 bits per heavy atom. The monoisotopic (exact) mass is 354 g/mol. The van der Waals surface area contributed by atoms with Crippen LogP contribution in [0.4, 0.5) is 0 Å². The first-order valence-electron chi connectivity index (χ1n) is 8.66. The molecule has 26 heavy (non-hydrogen) atoms. The van der Waals surface area contributed by atoms with Gasteiger partial charge in [0.15, 0.2) is 28.8 Å². The minimum atomic E-state index is -0.226. The van der Waals surface area contributed by atoms with Gasteiger partial charge < -0.3 is 19.7 Å². The first kappa shape index (κ1) is 17.9. The fourth-order valence-electron chi connectivity index (χ4n) is 3.02. The quantitative estimate of drug-likeness (QED) is 0.459. The second-order valence-electron chi connectivity index (χ2n) is 6.34. The summed E-state index contributed by atoms with van der Waals surface area (Å²) in [5, 5.41) is 18.8. The maximum Gasteiger partial charge on any atom is 0.185 e. The molecule has 0 bridgehead atoms. The maximum atomic E-state index is 12.5. The number of phenols is 2. The number of methoxy groups -OCH3 is 1. The van der Waals surface area contributed by atoms with Crippen LogP contribution in [0.15, 0.2) is 42.5 Å². The minimum Gasteiger partial charge on any atom is -0.504 e. The molecule has 2 N–H and O–H groups in total. The third-order valence-corrected chi connectivity index (χ3v) is 4.47. The van der Waals surface area contributed by atoms with Crippen LogP contribution >= 0.6 is 0 Å². The predicted molar refractivity (Wildman–Crippen MR) is 99.0 cm³/mol. The number of aromatic hydroxyl groups is 2. The highest BCUT2D eigenvalue weighted by Gasteiger charge is 2.19. The van der Waals surface area contributed by atoms with Crippen LogP contribution < -0.4 is 9.47 Å². The molecule has 0 aliphatic heterocycles. The van der Waals surface area contributed by atoms with E-state index in [4.69, 9.17) is 9.47 Å². The normalized spacial score (nSPS) is 14.7. The Bertz CT molecular complexity index is 819. The van der Waals surface area contributed by atoms with E-state index in [-0.39, 0.29) is 23.4 Å². The van der Waals surface area contributed by atoms with E-state index in [0.717, 1.165) is 25.7 Å². The molecule has 1 saturated carbocycles. The lowest BCUT2D eigenvalue weighted by Crippen LogP contribution is -2.12. The van der Waals surface area contributed by atoms with Crippen LogP contribution in [-0.2, 0) is 0 Å². The van der Waals surface area contributed by atoms with Crippen molar-refractivity contribution in [2.24, 2.45) is 0 Å². The van der Waals surface area contributed by atoms with Gasteiger partial charge in [0, 0.05) is 5.56 Å². The highest BCUT2D eigenvalue weighted by atomic mass is 16.5. The first-order chi connectivity index (χ1) is 12.6. The van der Waals surface area contributed by atoms with Crippen LogP contribution in [0.25, 0.3) is 6.08 Å². The van der Waals surface area contributed by atoms with Gasteiger partial charge in [-0.05, 0) is 67.7 Å². The van der Waals surface area contributed by atoms with Gasteiger partial charge in [-0.2, -0.15) is 0 Å². The standard InChI is InChI=1S/C21H22O5/c1-25-20-11-8-15(13-21(20)26-16-4-2-3-5-16)17(22)9-6-14-7-10-18(23)19(24)12-14/h6-13,16,23-24H,2-5H2,1H3/b9-6+. The summed E-state index contributed by atoms with van der Waals surface area (Å²) in [6.07, 6.45) is 7.54. The SMILES string of the molecule is COc1ccc(C(=O)/C=C/c2ccc(O)c(O)c2)cc1OC1CCCC1. The Hall–Kier alpha value is -2.95. The number of hydrogen-bond donors (Lipinski definition) is 2. The van der Waals surface area contributed by atoms with Crippen LogP contribution in [0, 0.1) is 0 Å². The molecule has 1 aliphatic rings. The molecule has 136 valence electrons. The summed E-state index contributed by atoms with van der Waals surface area (Å²) in [4.78, 5) is 12.5. The summed E-state index contributed by atoms with van der Waals surface area (Å²) in [6.45, 7) is 0. The third-order valence-electron chi connectivity index (χ3n) is 4.47. The summed E-state index contributed by atoms with van der Waals surface area (Å²) in [7, 11) is 1.58. The van der Waals surface area contributed by atoms with E-state index < -0.39 is 0 Å². The van der Waals surface area contributed by atoms with E-state index in [2.05, 4.69) is 0 Å². The fourth-order valence-corrected chi connectivity index (χ4v) is 3.02. The van der Waals surface area contributed by atoms with Crippen molar-refractivity contribution in [3.63, 3.8) is 0 Å². The van der Waals surface area contributed by atoms with Crippen molar-refractivity contribution in [1.82, 2.24) is 0 Å². The van der Waals surface area contributed by atoms with Crippen LogP contribution in [0.2, 0.25) is 0 Å². The van der Waals surface area contributed by atoms with Gasteiger partial charge in [-0.3, -0.25) is 4.79 Å². The van der Waals surface area contributed by atoms with Gasteiger partial charge in [0.25, 0.3) is 0 Å². The van der Waals surface area contributed by atoms with Gasteiger partial charge in [0.1, 0.15) is 0 Å². The molecule has 0 spiro atoms. The van der Waals surface area contributed by atoms with E-state index in [1.807, 2.05) is 0 Å². The number of carbonyl (C=O) groups is 1. The van der Waals surface area contributed by atoms with E-state index in [1.165, 1.54) is 18.2 Å². The highest BCUT2D eigenvalue weighted by molar-refractivity contribution is 6.07. The zero-order valence-corrected chi connectivity index (χ0v) is 14.6. The lowest BCUT2D eigenvalue weighted by molar-refractivity contribution is 0.104. The number of allylic oxidation sites excluding steroid dienone is 1. The Morgan fingerprint density at radius 2 is 1.81 bits per heavy atom. The summed E-state index contributed by atoms with van der Waals surface area (Å²) in [6, 6.07) is 9.51. The number of rotatable bonds is 6. The lowest BCUT2D eigenvalue weighted by Gasteiger charge is -2.16. The molecule has 0 radical (unpaired) electrons. The van der Waals surface area contributed by atoms with Gasteiger partial charge in [-0.15, -0.1) is 0 Å². The lowest BCUT2D eigenvalue weighted by atomic mass is 10.1. The van der Waals surface area contributed by atoms with E-state index >= 15 is 0 Å². The van der Waals surface area contributed by atoms with Crippen molar-refractivity contribution in [3.8, 4) is 23.0 Å². The third kappa shape index (κ3) is 4.17. The summed E-state index contributed by atoms with van der Waals surface area (Å²) in [5.41, 5.74) is 1.11. The molecule has 0 amide bonds. The van der Waals surface area contributed by atoms with Crippen molar-refractivity contribution in [2.45, 2.75) is 31.8 Å². The van der Waals surface area contributed by atoms with Crippen LogP contribution in [0.3, 0.4) is 0 Å². The molecule has 2 aromatic rings. The van der Waals surface area contributed by atoms with Gasteiger partial charge in [0.2, 0.25) is 0 Å². The molecule has 1 fully saturated rings. The predicted octanol–water partition coefficient (Wildman–Crippen LogP) is 4.32. The van der Waals surface area contributed by atoms with Gasteiger partial charge in [-0.1, -0.05) is 12.1 Å². The van der Waals surface area contributed by atoms with Gasteiger partial charge in [0.05, 0.1) is 13.2 Å². The average Bonchev–Trinajstić information content (AvgIpc) is 3.15. The van der Waals surface area contributed by atoms with Crippen molar-refractivity contribution < 1.29 is 24.5 Å². The van der Waals surface area contributed by atoms with Crippen LogP contribution in [0.5, 0.6) is 23.0 Å². The Morgan fingerprint density at radius 1 is 1.04 bits per heavy atom. The zero-order chi connectivity index (χ0) is 18.5. The van der Waals surface area contributed by atoms with Crippen molar-refractivity contribution in [2.75, 3.05) is 7.11 Å². The number of benzene rings is 2. The zero-order valence-electron chi connectivity index (χ0n) is 14.6. The van der Waals surface area contributed by atoms with Crippen molar-refractivity contribution >= 4 is 11.9 Å². The summed E-state index contributed by atoms with van der Waals surface area (Å²) >= 11 is 0. The van der Waals surface area contributed by atoms with Gasteiger partial charge in [-0.25, -0.2) is 0 Å². The fraction of sp³-hybridized carbons (Fsp3) is 0.286. The van der Waals surface area contributed by atoms with E-state index in [1.54, 1.807) is 37.5 Å². The number of ketones is 1. The molecule has 1 aliphatic carbocycles. The Balaban J connectivity index is 1.77. The molecule has 5 nitrogen and oxygen atoms in total. The number of hydrogen-bond acceptors (Lipinski definition) is 5. The molecule has 3 rings (SSSR count). The van der Waals surface area contributed by atoms with Crippen molar-refractivity contribution in [3.05, 3.63) is 53.6 Å². The molecule has 0 unspecified atom stereocenters. The average molecular weight is 354 g/mol. The Kier molecular flexibility index (Phi) is 5.46. The second kappa shape index (κ2) is 7.95. The molecule has 0 saturated heterocycles. The summed E-state index contributed by atoms with van der Waals surface area (Å²) < 4.78 is 11.4. The number of ether oxygens (including phenoxy) is 2. The molecular weight excluding hydrogens is 332 g/mol. The van der Waals surface area contributed by atoms with Crippen LogP contribution in [0.1, 0.15) is 41.6 Å². The summed E-state index contributed by atoms with van der Waals surface area (Å²) in [5.74, 6) is 0.590. The number of carbonyl (C=O) groups excluding carboxylic acids is 1. The molecule has 5 heteroatoms. The maximum absolute atomic E-state index is 12.5.